The summed E-state index contributed by atoms with van der Waals surface area (Å²) in [5.41, 5.74) is 0.391. The van der Waals surface area contributed by atoms with Crippen molar-refractivity contribution in [3.05, 3.63) is 11.8 Å². The molecule has 2 atom stereocenters. The van der Waals surface area contributed by atoms with Gasteiger partial charge in [-0.3, -0.25) is 9.69 Å². The van der Waals surface area contributed by atoms with Gasteiger partial charge < -0.3 is 5.32 Å². The molecule has 2 heterocycles. The first-order chi connectivity index (χ1) is 8.94. The minimum absolute atomic E-state index is 0.0599. The van der Waals surface area contributed by atoms with Gasteiger partial charge in [0.25, 0.3) is 5.92 Å². The van der Waals surface area contributed by atoms with Crippen LogP contribution in [-0.2, 0) is 11.3 Å². The van der Waals surface area contributed by atoms with Crippen molar-refractivity contribution in [2.75, 3.05) is 19.0 Å². The van der Waals surface area contributed by atoms with Gasteiger partial charge in [0.15, 0.2) is 0 Å². The molecule has 0 aromatic carbocycles. The molecular weight excluding hydrogens is 254 g/mol. The second kappa shape index (κ2) is 4.00. The summed E-state index contributed by atoms with van der Waals surface area (Å²) in [6, 6.07) is 1.36. The molecule has 0 saturated heterocycles. The SMILES string of the molecule is CNC1CCn2nc(C3CC3(F)F)cc2N(C)C1=O. The molecule has 7 heteroatoms. The molecule has 5 nitrogen and oxygen atoms in total. The van der Waals surface area contributed by atoms with Gasteiger partial charge in [0.1, 0.15) is 5.82 Å². The van der Waals surface area contributed by atoms with Gasteiger partial charge in [-0.1, -0.05) is 0 Å². The van der Waals surface area contributed by atoms with Crippen LogP contribution in [0.5, 0.6) is 0 Å². The number of rotatable bonds is 2. The fourth-order valence-corrected chi connectivity index (χ4v) is 2.55. The third kappa shape index (κ3) is 1.92. The first-order valence-corrected chi connectivity index (χ1v) is 6.34. The third-order valence-electron chi connectivity index (χ3n) is 3.91. The van der Waals surface area contributed by atoms with E-state index in [9.17, 15) is 13.6 Å². The molecule has 1 amide bonds. The van der Waals surface area contributed by atoms with E-state index in [4.69, 9.17) is 0 Å². The van der Waals surface area contributed by atoms with Crippen LogP contribution in [0.2, 0.25) is 0 Å². The number of anilines is 1. The lowest BCUT2D eigenvalue weighted by atomic mass is 10.2. The monoisotopic (exact) mass is 270 g/mol. The Morgan fingerprint density at radius 2 is 2.21 bits per heavy atom. The molecule has 0 spiro atoms. The number of nitrogens with one attached hydrogen (secondary N) is 1. The van der Waals surface area contributed by atoms with Gasteiger partial charge in [-0.15, -0.1) is 0 Å². The normalized spacial score (nSPS) is 29.1. The number of nitrogens with zero attached hydrogens (tertiary/aromatic N) is 3. The lowest BCUT2D eigenvalue weighted by molar-refractivity contribution is -0.120. The number of likely N-dealkylation sites (N-methyl/N-ethyl adjacent to an activating group) is 2. The molecule has 19 heavy (non-hydrogen) atoms. The van der Waals surface area contributed by atoms with Crippen LogP contribution in [0.15, 0.2) is 6.07 Å². The highest BCUT2D eigenvalue weighted by atomic mass is 19.3. The summed E-state index contributed by atoms with van der Waals surface area (Å²) in [4.78, 5) is 13.6. The van der Waals surface area contributed by atoms with E-state index in [0.29, 0.717) is 24.5 Å². The quantitative estimate of drug-likeness (QED) is 0.871. The third-order valence-corrected chi connectivity index (χ3v) is 3.91. The fourth-order valence-electron chi connectivity index (χ4n) is 2.55. The van der Waals surface area contributed by atoms with E-state index in [0.717, 1.165) is 0 Å². The minimum atomic E-state index is -2.63. The lowest BCUT2D eigenvalue weighted by Crippen LogP contribution is -2.42. The molecule has 0 radical (unpaired) electrons. The van der Waals surface area contributed by atoms with Crippen LogP contribution in [0, 0.1) is 0 Å². The van der Waals surface area contributed by atoms with Crippen molar-refractivity contribution < 1.29 is 13.6 Å². The highest BCUT2D eigenvalue weighted by Crippen LogP contribution is 2.55. The van der Waals surface area contributed by atoms with Crippen LogP contribution < -0.4 is 10.2 Å². The van der Waals surface area contributed by atoms with Gasteiger partial charge in [-0.2, -0.15) is 5.10 Å². The number of halogens is 2. The Balaban J connectivity index is 1.91. The number of hydrogen-bond acceptors (Lipinski definition) is 3. The van der Waals surface area contributed by atoms with E-state index < -0.39 is 11.8 Å². The number of aromatic nitrogens is 2. The predicted octanol–water partition coefficient (Wildman–Crippen LogP) is 0.960. The Bertz CT molecular complexity index is 528. The molecule has 1 aliphatic heterocycles. The second-order valence-corrected chi connectivity index (χ2v) is 5.20. The Labute approximate surface area is 109 Å². The van der Waals surface area contributed by atoms with Crippen molar-refractivity contribution >= 4 is 11.7 Å². The highest BCUT2D eigenvalue weighted by Gasteiger charge is 2.59. The van der Waals surface area contributed by atoms with E-state index in [1.165, 1.54) is 4.90 Å². The Morgan fingerprint density at radius 3 is 2.79 bits per heavy atom. The van der Waals surface area contributed by atoms with Crippen molar-refractivity contribution in [1.29, 1.82) is 0 Å². The number of carbonyl (C=O) groups excluding carboxylic acids is 1. The summed E-state index contributed by atoms with van der Waals surface area (Å²) >= 11 is 0. The molecule has 1 aromatic heterocycles. The fraction of sp³-hybridized carbons (Fsp3) is 0.667. The van der Waals surface area contributed by atoms with Crippen LogP contribution in [0.4, 0.5) is 14.6 Å². The van der Waals surface area contributed by atoms with Gasteiger partial charge in [0.2, 0.25) is 5.91 Å². The summed E-state index contributed by atoms with van der Waals surface area (Å²) in [6.45, 7) is 0.551. The maximum atomic E-state index is 13.1. The topological polar surface area (TPSA) is 50.2 Å². The van der Waals surface area contributed by atoms with Crippen LogP contribution >= 0.6 is 0 Å². The summed E-state index contributed by atoms with van der Waals surface area (Å²) in [7, 11) is 3.39. The molecule has 2 aliphatic rings. The molecule has 0 bridgehead atoms. The van der Waals surface area contributed by atoms with Crippen LogP contribution in [0.1, 0.15) is 24.5 Å². The summed E-state index contributed by atoms with van der Waals surface area (Å²) in [5, 5.41) is 7.20. The molecule has 3 rings (SSSR count). The summed E-state index contributed by atoms with van der Waals surface area (Å²) in [5.74, 6) is -2.87. The lowest BCUT2D eigenvalue weighted by Gasteiger charge is -2.18. The molecule has 1 aromatic rings. The maximum absolute atomic E-state index is 13.1. The standard InChI is InChI=1S/C12H16F2N4O/c1-15-8-3-4-18-10(17(2)11(8)19)5-9(16-18)7-6-12(7,13)14/h5,7-8,15H,3-4,6H2,1-2H3. The van der Waals surface area contributed by atoms with Gasteiger partial charge in [-0.05, 0) is 13.5 Å². The summed E-state index contributed by atoms with van der Waals surface area (Å²) in [6.07, 6.45) is 0.467. The maximum Gasteiger partial charge on any atom is 0.257 e. The minimum Gasteiger partial charge on any atom is -0.309 e. The molecule has 2 unspecified atom stereocenters. The highest BCUT2D eigenvalue weighted by molar-refractivity contribution is 5.96. The van der Waals surface area contributed by atoms with E-state index in [-0.39, 0.29) is 18.4 Å². The van der Waals surface area contributed by atoms with E-state index >= 15 is 0 Å². The number of carbonyl (C=O) groups is 1. The number of fused-ring (bicyclic) bond motifs is 1. The number of alkyl halides is 2. The number of amides is 1. The Morgan fingerprint density at radius 1 is 1.53 bits per heavy atom. The van der Waals surface area contributed by atoms with Gasteiger partial charge in [-0.25, -0.2) is 13.5 Å². The van der Waals surface area contributed by atoms with E-state index in [1.807, 2.05) is 0 Å². The van der Waals surface area contributed by atoms with Crippen molar-refractivity contribution in [2.24, 2.45) is 0 Å². The zero-order valence-electron chi connectivity index (χ0n) is 10.9. The van der Waals surface area contributed by atoms with Crippen molar-refractivity contribution in [3.63, 3.8) is 0 Å². The Kier molecular flexibility index (Phi) is 2.63. The molecule has 1 fully saturated rings. The first kappa shape index (κ1) is 12.5. The summed E-state index contributed by atoms with van der Waals surface area (Å²) < 4.78 is 27.8. The van der Waals surface area contributed by atoms with E-state index in [2.05, 4.69) is 10.4 Å². The van der Waals surface area contributed by atoms with Crippen LogP contribution in [0.3, 0.4) is 0 Å². The van der Waals surface area contributed by atoms with Crippen LogP contribution in [-0.4, -0.2) is 41.7 Å². The zero-order chi connectivity index (χ0) is 13.8. The van der Waals surface area contributed by atoms with Crippen LogP contribution in [0.25, 0.3) is 0 Å². The predicted molar refractivity (Wildman–Crippen MR) is 65.4 cm³/mol. The van der Waals surface area contributed by atoms with Gasteiger partial charge in [0.05, 0.1) is 17.7 Å². The second-order valence-electron chi connectivity index (χ2n) is 5.20. The largest absolute Gasteiger partial charge is 0.309 e. The average molecular weight is 270 g/mol. The van der Waals surface area contributed by atoms with Crippen molar-refractivity contribution in [3.8, 4) is 0 Å². The zero-order valence-corrected chi connectivity index (χ0v) is 10.9. The average Bonchev–Trinajstić information content (AvgIpc) is 2.86. The molecule has 1 saturated carbocycles. The van der Waals surface area contributed by atoms with Gasteiger partial charge in [0, 0.05) is 26.1 Å². The molecular formula is C12H16F2N4O. The smallest absolute Gasteiger partial charge is 0.257 e. The molecule has 104 valence electrons. The van der Waals surface area contributed by atoms with Gasteiger partial charge >= 0.3 is 0 Å². The molecule has 1 aliphatic carbocycles. The van der Waals surface area contributed by atoms with Crippen molar-refractivity contribution in [1.82, 2.24) is 15.1 Å². The number of aryl methyl sites for hydroxylation is 1. The number of hydrogen-bond donors (Lipinski definition) is 1. The van der Waals surface area contributed by atoms with E-state index in [1.54, 1.807) is 24.8 Å². The van der Waals surface area contributed by atoms with Crippen molar-refractivity contribution in [2.45, 2.75) is 37.3 Å². The Hall–Kier alpha value is -1.50. The first-order valence-electron chi connectivity index (χ1n) is 6.34. The molecule has 1 N–H and O–H groups in total.